The molecule has 1 saturated heterocycles. The third-order valence-electron chi connectivity index (χ3n) is 5.99. The second kappa shape index (κ2) is 10.0. The lowest BCUT2D eigenvalue weighted by atomic mass is 9.98. The fraction of sp³-hybridized carbons (Fsp3) is 0.440. The van der Waals surface area contributed by atoms with E-state index in [4.69, 9.17) is 0 Å². The van der Waals surface area contributed by atoms with Gasteiger partial charge in [-0.15, -0.1) is 11.3 Å². The van der Waals surface area contributed by atoms with Crippen LogP contribution in [0.3, 0.4) is 0 Å². The van der Waals surface area contributed by atoms with Crippen molar-refractivity contribution in [2.45, 2.75) is 58.5 Å². The van der Waals surface area contributed by atoms with Crippen LogP contribution in [0.1, 0.15) is 59.4 Å². The number of hydrogen-bond acceptors (Lipinski definition) is 8. The number of carbonyl (C=O) groups is 1. The molecule has 3 aromatic rings. The summed E-state index contributed by atoms with van der Waals surface area (Å²) in [7, 11) is -2.91. The quantitative estimate of drug-likeness (QED) is 0.509. The molecular weight excluding hydrogens is 482 g/mol. The predicted molar refractivity (Wildman–Crippen MR) is 139 cm³/mol. The Labute approximate surface area is 210 Å². The zero-order valence-electron chi connectivity index (χ0n) is 20.5. The van der Waals surface area contributed by atoms with Crippen LogP contribution in [0.25, 0.3) is 11.3 Å². The van der Waals surface area contributed by atoms with Gasteiger partial charge in [0.2, 0.25) is 5.95 Å². The number of nitrogens with one attached hydrogen (secondary N) is 2. The first-order valence-corrected chi connectivity index (χ1v) is 14.3. The number of aromatic nitrogens is 3. The number of aryl methyl sites for hydroxylation is 1. The topological polar surface area (TPSA) is 114 Å². The molecule has 0 spiro atoms. The SMILES string of the molecule is Cc1cc(-c2ccnc(NC3CCS(=O)(=O)CC3)n2)ccc1CNC(=O)c1cnc(C(C)(C)C)s1. The molecule has 186 valence electrons. The van der Waals surface area contributed by atoms with E-state index in [2.05, 4.69) is 46.4 Å². The Bertz CT molecular complexity index is 1310. The van der Waals surface area contributed by atoms with Crippen molar-refractivity contribution in [1.29, 1.82) is 0 Å². The Balaban J connectivity index is 1.39. The summed E-state index contributed by atoms with van der Waals surface area (Å²) in [6.45, 7) is 8.68. The van der Waals surface area contributed by atoms with Crippen LogP contribution in [0, 0.1) is 6.92 Å². The zero-order chi connectivity index (χ0) is 25.2. The molecule has 35 heavy (non-hydrogen) atoms. The third kappa shape index (κ3) is 6.43. The Kier molecular flexibility index (Phi) is 7.23. The van der Waals surface area contributed by atoms with Crippen LogP contribution in [-0.2, 0) is 21.8 Å². The highest BCUT2D eigenvalue weighted by atomic mass is 32.2. The monoisotopic (exact) mass is 513 g/mol. The van der Waals surface area contributed by atoms with E-state index >= 15 is 0 Å². The minimum absolute atomic E-state index is 0.0551. The lowest BCUT2D eigenvalue weighted by molar-refractivity contribution is 0.0954. The van der Waals surface area contributed by atoms with E-state index in [0.29, 0.717) is 30.2 Å². The summed E-state index contributed by atoms with van der Waals surface area (Å²) in [6, 6.07) is 7.94. The summed E-state index contributed by atoms with van der Waals surface area (Å²) in [5.74, 6) is 0.772. The predicted octanol–water partition coefficient (Wildman–Crippen LogP) is 4.13. The number of anilines is 1. The first-order chi connectivity index (χ1) is 16.5. The number of thiazole rings is 1. The van der Waals surface area contributed by atoms with E-state index in [1.165, 1.54) is 11.3 Å². The normalized spacial score (nSPS) is 16.1. The molecule has 0 atom stereocenters. The second-order valence-electron chi connectivity index (χ2n) is 9.94. The Morgan fingerprint density at radius 2 is 1.89 bits per heavy atom. The van der Waals surface area contributed by atoms with E-state index in [9.17, 15) is 13.2 Å². The maximum absolute atomic E-state index is 12.6. The van der Waals surface area contributed by atoms with Crippen molar-refractivity contribution < 1.29 is 13.2 Å². The van der Waals surface area contributed by atoms with E-state index < -0.39 is 9.84 Å². The molecule has 2 aromatic heterocycles. The first-order valence-electron chi connectivity index (χ1n) is 11.6. The number of carbonyl (C=O) groups excluding carboxylic acids is 1. The molecule has 0 unspecified atom stereocenters. The van der Waals surface area contributed by atoms with Crippen molar-refractivity contribution in [1.82, 2.24) is 20.3 Å². The van der Waals surface area contributed by atoms with Gasteiger partial charge in [-0.3, -0.25) is 4.79 Å². The van der Waals surface area contributed by atoms with Crippen molar-refractivity contribution >= 4 is 33.0 Å². The minimum Gasteiger partial charge on any atom is -0.351 e. The number of sulfone groups is 1. The first kappa shape index (κ1) is 25.2. The van der Waals surface area contributed by atoms with E-state index in [0.717, 1.165) is 27.4 Å². The minimum atomic E-state index is -2.91. The van der Waals surface area contributed by atoms with Crippen LogP contribution >= 0.6 is 11.3 Å². The van der Waals surface area contributed by atoms with Gasteiger partial charge in [0, 0.05) is 29.8 Å². The van der Waals surface area contributed by atoms with Crippen molar-refractivity contribution in [3.05, 3.63) is 57.7 Å². The van der Waals surface area contributed by atoms with Gasteiger partial charge in [-0.1, -0.05) is 32.9 Å². The van der Waals surface area contributed by atoms with Gasteiger partial charge in [-0.2, -0.15) is 0 Å². The number of rotatable bonds is 6. The Hall–Kier alpha value is -2.85. The van der Waals surface area contributed by atoms with Gasteiger partial charge in [-0.25, -0.2) is 23.4 Å². The molecule has 0 aliphatic carbocycles. The smallest absolute Gasteiger partial charge is 0.263 e. The number of nitrogens with zero attached hydrogens (tertiary/aromatic N) is 3. The number of amides is 1. The number of benzene rings is 1. The van der Waals surface area contributed by atoms with Crippen LogP contribution in [-0.4, -0.2) is 46.8 Å². The third-order valence-corrected chi connectivity index (χ3v) is 9.13. The van der Waals surface area contributed by atoms with Crippen LogP contribution in [0.15, 0.2) is 36.7 Å². The van der Waals surface area contributed by atoms with Gasteiger partial charge in [-0.05, 0) is 43.0 Å². The van der Waals surface area contributed by atoms with Gasteiger partial charge in [0.05, 0.1) is 28.4 Å². The molecule has 8 nitrogen and oxygen atoms in total. The highest BCUT2D eigenvalue weighted by Crippen LogP contribution is 2.27. The van der Waals surface area contributed by atoms with Crippen molar-refractivity contribution in [3.8, 4) is 11.3 Å². The molecule has 2 N–H and O–H groups in total. The molecule has 1 aromatic carbocycles. The van der Waals surface area contributed by atoms with Crippen molar-refractivity contribution in [3.63, 3.8) is 0 Å². The standard InChI is InChI=1S/C25H31N5O3S2/c1-16-13-17(20-7-10-26-24(30-20)29-19-8-11-35(32,33)12-9-19)5-6-18(16)14-27-22(31)21-15-28-23(34-21)25(2,3)4/h5-7,10,13,15,19H,8-9,11-12,14H2,1-4H3,(H,27,31)(H,26,29,30). The molecule has 10 heteroatoms. The van der Waals surface area contributed by atoms with Gasteiger partial charge in [0.1, 0.15) is 14.7 Å². The average molecular weight is 514 g/mol. The number of hydrogen-bond donors (Lipinski definition) is 2. The van der Waals surface area contributed by atoms with Gasteiger partial charge in [0.25, 0.3) is 5.91 Å². The van der Waals surface area contributed by atoms with Crippen LogP contribution in [0.2, 0.25) is 0 Å². The average Bonchev–Trinajstić information content (AvgIpc) is 3.31. The molecule has 1 fully saturated rings. The molecule has 3 heterocycles. The van der Waals surface area contributed by atoms with E-state index in [1.54, 1.807) is 12.4 Å². The lowest BCUT2D eigenvalue weighted by Gasteiger charge is -2.23. The van der Waals surface area contributed by atoms with Crippen LogP contribution in [0.4, 0.5) is 5.95 Å². The summed E-state index contributed by atoms with van der Waals surface area (Å²) in [5.41, 5.74) is 3.73. The van der Waals surface area contributed by atoms with E-state index in [1.807, 2.05) is 31.2 Å². The molecule has 0 bridgehead atoms. The fourth-order valence-electron chi connectivity index (χ4n) is 3.85. The second-order valence-corrected chi connectivity index (χ2v) is 13.3. The summed E-state index contributed by atoms with van der Waals surface area (Å²) in [4.78, 5) is 26.5. The summed E-state index contributed by atoms with van der Waals surface area (Å²) < 4.78 is 23.3. The Morgan fingerprint density at radius 3 is 2.54 bits per heavy atom. The van der Waals surface area contributed by atoms with Gasteiger partial charge in [0.15, 0.2) is 0 Å². The summed E-state index contributed by atoms with van der Waals surface area (Å²) >= 11 is 1.43. The van der Waals surface area contributed by atoms with E-state index in [-0.39, 0.29) is 28.9 Å². The largest absolute Gasteiger partial charge is 0.351 e. The van der Waals surface area contributed by atoms with Crippen LogP contribution < -0.4 is 10.6 Å². The molecule has 0 radical (unpaired) electrons. The maximum atomic E-state index is 12.6. The molecule has 4 rings (SSSR count). The van der Waals surface area contributed by atoms with Gasteiger partial charge < -0.3 is 10.6 Å². The highest BCUT2D eigenvalue weighted by Gasteiger charge is 2.24. The van der Waals surface area contributed by atoms with Crippen LogP contribution in [0.5, 0.6) is 0 Å². The molecule has 1 aliphatic heterocycles. The highest BCUT2D eigenvalue weighted by molar-refractivity contribution is 7.91. The van der Waals surface area contributed by atoms with Crippen molar-refractivity contribution in [2.75, 3.05) is 16.8 Å². The lowest BCUT2D eigenvalue weighted by Crippen LogP contribution is -2.32. The molecular formula is C25H31N5O3S2. The summed E-state index contributed by atoms with van der Waals surface area (Å²) in [5, 5.41) is 7.21. The summed E-state index contributed by atoms with van der Waals surface area (Å²) in [6.07, 6.45) is 4.47. The fourth-order valence-corrected chi connectivity index (χ4v) is 6.23. The van der Waals surface area contributed by atoms with Gasteiger partial charge >= 0.3 is 0 Å². The molecule has 0 saturated carbocycles. The molecule has 1 aliphatic rings. The van der Waals surface area contributed by atoms with Crippen molar-refractivity contribution in [2.24, 2.45) is 0 Å². The zero-order valence-corrected chi connectivity index (χ0v) is 22.1. The Morgan fingerprint density at radius 1 is 1.14 bits per heavy atom. The molecule has 1 amide bonds. The maximum Gasteiger partial charge on any atom is 0.263 e.